The highest BCUT2D eigenvalue weighted by Gasteiger charge is 2.21. The molecule has 0 amide bonds. The van der Waals surface area contributed by atoms with Gasteiger partial charge in [0.15, 0.2) is 0 Å². The Kier molecular flexibility index (Phi) is 4.86. The number of benzene rings is 1. The summed E-state index contributed by atoms with van der Waals surface area (Å²) in [5, 5.41) is 11.6. The van der Waals surface area contributed by atoms with Crippen LogP contribution >= 0.6 is 11.6 Å². The summed E-state index contributed by atoms with van der Waals surface area (Å²) in [6, 6.07) is 3.21. The van der Waals surface area contributed by atoms with E-state index in [1.807, 2.05) is 0 Å². The topological polar surface area (TPSA) is 75.3 Å². The molecule has 94 valence electrons. The number of nitrogens with two attached hydrogens (primary N) is 1. The lowest BCUT2D eigenvalue weighted by atomic mass is 9.98. The normalized spacial score (nSPS) is 14.4. The zero-order chi connectivity index (χ0) is 13.0. The predicted molar refractivity (Wildman–Crippen MR) is 63.4 cm³/mol. The van der Waals surface area contributed by atoms with Gasteiger partial charge in [-0.05, 0) is 24.7 Å². The van der Waals surface area contributed by atoms with Gasteiger partial charge in [0.2, 0.25) is 0 Å². The van der Waals surface area contributed by atoms with Crippen molar-refractivity contribution in [3.05, 3.63) is 34.6 Å². The van der Waals surface area contributed by atoms with E-state index in [9.17, 15) is 9.18 Å². The maximum Gasteiger partial charge on any atom is 0.304 e. The van der Waals surface area contributed by atoms with Crippen LogP contribution in [-0.2, 0) is 4.79 Å². The average molecular weight is 261 g/mol. The highest BCUT2D eigenvalue weighted by atomic mass is 35.5. The number of halogens is 2. The molecule has 2 unspecified atom stereocenters. The van der Waals surface area contributed by atoms with Crippen LogP contribution in [0.3, 0.4) is 0 Å². The Morgan fingerprint density at radius 2 is 2.29 bits per heavy atom. The fraction of sp³-hybridized carbons (Fsp3) is 0.364. The third kappa shape index (κ3) is 3.66. The van der Waals surface area contributed by atoms with E-state index in [-0.39, 0.29) is 17.5 Å². The van der Waals surface area contributed by atoms with Gasteiger partial charge in [-0.1, -0.05) is 17.7 Å². The van der Waals surface area contributed by atoms with Gasteiger partial charge in [-0.25, -0.2) is 4.39 Å². The number of aliphatic carboxylic acids is 1. The largest absolute Gasteiger partial charge is 0.481 e. The van der Waals surface area contributed by atoms with Gasteiger partial charge in [0, 0.05) is 12.1 Å². The minimum absolute atomic E-state index is 0.00900. The standard InChI is InChI=1S/C11H14ClFN2O2/c1-15-11(9(14)5-10(16)17)6-2-3-8(13)7(12)4-6/h2-4,9,11,15H,5,14H2,1H3,(H,16,17). The fourth-order valence-electron chi connectivity index (χ4n) is 1.65. The van der Waals surface area contributed by atoms with Crippen LogP contribution in [0.15, 0.2) is 18.2 Å². The molecule has 4 N–H and O–H groups in total. The molecule has 2 atom stereocenters. The second-order valence-electron chi connectivity index (χ2n) is 3.70. The third-order valence-electron chi connectivity index (χ3n) is 2.45. The van der Waals surface area contributed by atoms with Crippen LogP contribution in [0.5, 0.6) is 0 Å². The molecule has 0 saturated heterocycles. The molecule has 4 nitrogen and oxygen atoms in total. The average Bonchev–Trinajstić information content (AvgIpc) is 2.23. The molecule has 6 heteroatoms. The van der Waals surface area contributed by atoms with Crippen LogP contribution in [0.2, 0.25) is 5.02 Å². The lowest BCUT2D eigenvalue weighted by molar-refractivity contribution is -0.137. The maximum atomic E-state index is 13.0. The first-order valence-electron chi connectivity index (χ1n) is 5.05. The van der Waals surface area contributed by atoms with Gasteiger partial charge in [0.1, 0.15) is 5.82 Å². The molecule has 1 rings (SSSR count). The van der Waals surface area contributed by atoms with E-state index in [4.69, 9.17) is 22.4 Å². The van der Waals surface area contributed by atoms with E-state index in [1.165, 1.54) is 18.2 Å². The molecule has 0 aliphatic heterocycles. The molecule has 0 heterocycles. The number of hydrogen-bond donors (Lipinski definition) is 3. The van der Waals surface area contributed by atoms with Gasteiger partial charge in [-0.3, -0.25) is 4.79 Å². The number of hydrogen-bond acceptors (Lipinski definition) is 3. The second kappa shape index (κ2) is 5.95. The summed E-state index contributed by atoms with van der Waals surface area (Å²) in [7, 11) is 1.66. The molecule has 0 fully saturated rings. The van der Waals surface area contributed by atoms with E-state index in [0.29, 0.717) is 5.56 Å². The van der Waals surface area contributed by atoms with E-state index in [0.717, 1.165) is 0 Å². The molecule has 17 heavy (non-hydrogen) atoms. The van der Waals surface area contributed by atoms with E-state index in [1.54, 1.807) is 7.05 Å². The summed E-state index contributed by atoms with van der Waals surface area (Å²) in [6.07, 6.45) is -0.180. The number of carboxylic acid groups (broad SMARTS) is 1. The number of likely N-dealkylation sites (N-methyl/N-ethyl adjacent to an activating group) is 1. The summed E-state index contributed by atoms with van der Waals surface area (Å²) in [5.41, 5.74) is 6.43. The first kappa shape index (κ1) is 13.9. The predicted octanol–water partition coefficient (Wildman–Crippen LogP) is 1.54. The van der Waals surface area contributed by atoms with Crippen LogP contribution in [-0.4, -0.2) is 24.2 Å². The molecular formula is C11H14ClFN2O2. The molecule has 1 aromatic rings. The second-order valence-corrected chi connectivity index (χ2v) is 4.11. The van der Waals surface area contributed by atoms with Crippen molar-refractivity contribution in [2.24, 2.45) is 5.73 Å². The van der Waals surface area contributed by atoms with Gasteiger partial charge in [0.05, 0.1) is 11.4 Å². The van der Waals surface area contributed by atoms with Gasteiger partial charge >= 0.3 is 5.97 Å². The van der Waals surface area contributed by atoms with Crippen LogP contribution < -0.4 is 11.1 Å². The molecule has 0 saturated carbocycles. The Hall–Kier alpha value is -1.17. The van der Waals surface area contributed by atoms with Gasteiger partial charge in [-0.15, -0.1) is 0 Å². The van der Waals surface area contributed by atoms with Crippen LogP contribution in [0.25, 0.3) is 0 Å². The Labute approximate surface area is 104 Å². The van der Waals surface area contributed by atoms with Gasteiger partial charge in [0.25, 0.3) is 0 Å². The molecule has 1 aromatic carbocycles. The van der Waals surface area contributed by atoms with Crippen molar-refractivity contribution in [3.8, 4) is 0 Å². The summed E-state index contributed by atoms with van der Waals surface area (Å²) in [5.74, 6) is -1.50. The molecule has 0 aliphatic rings. The molecule has 0 bridgehead atoms. The van der Waals surface area contributed by atoms with Crippen molar-refractivity contribution in [2.45, 2.75) is 18.5 Å². The highest BCUT2D eigenvalue weighted by Crippen LogP contribution is 2.23. The molecule has 0 spiro atoms. The Bertz CT molecular complexity index is 414. The lowest BCUT2D eigenvalue weighted by Crippen LogP contribution is -2.37. The summed E-state index contributed by atoms with van der Waals surface area (Å²) in [4.78, 5) is 10.6. The number of nitrogens with one attached hydrogen (secondary N) is 1. The monoisotopic (exact) mass is 260 g/mol. The SMILES string of the molecule is CNC(c1ccc(F)c(Cl)c1)C(N)CC(=O)O. The Balaban J connectivity index is 2.92. The van der Waals surface area contributed by atoms with Crippen molar-refractivity contribution in [2.75, 3.05) is 7.05 Å². The van der Waals surface area contributed by atoms with Crippen LogP contribution in [0, 0.1) is 5.82 Å². The van der Waals surface area contributed by atoms with Crippen LogP contribution in [0.1, 0.15) is 18.0 Å². The summed E-state index contributed by atoms with van der Waals surface area (Å²) >= 11 is 5.67. The number of carboxylic acids is 1. The van der Waals surface area contributed by atoms with Crippen molar-refractivity contribution < 1.29 is 14.3 Å². The molecular weight excluding hydrogens is 247 g/mol. The van der Waals surface area contributed by atoms with Gasteiger partial charge < -0.3 is 16.2 Å². The minimum Gasteiger partial charge on any atom is -0.481 e. The van der Waals surface area contributed by atoms with Crippen molar-refractivity contribution in [1.29, 1.82) is 0 Å². The Morgan fingerprint density at radius 3 is 2.76 bits per heavy atom. The van der Waals surface area contributed by atoms with E-state index < -0.39 is 17.8 Å². The van der Waals surface area contributed by atoms with Crippen molar-refractivity contribution in [3.63, 3.8) is 0 Å². The van der Waals surface area contributed by atoms with Crippen LogP contribution in [0.4, 0.5) is 4.39 Å². The number of rotatable bonds is 5. The zero-order valence-electron chi connectivity index (χ0n) is 9.28. The Morgan fingerprint density at radius 1 is 1.65 bits per heavy atom. The fourth-order valence-corrected chi connectivity index (χ4v) is 1.84. The highest BCUT2D eigenvalue weighted by molar-refractivity contribution is 6.30. The molecule has 0 aliphatic carbocycles. The molecule has 0 aromatic heterocycles. The first-order valence-corrected chi connectivity index (χ1v) is 5.43. The van der Waals surface area contributed by atoms with E-state index in [2.05, 4.69) is 5.32 Å². The summed E-state index contributed by atoms with van der Waals surface area (Å²) < 4.78 is 13.0. The maximum absolute atomic E-state index is 13.0. The zero-order valence-corrected chi connectivity index (χ0v) is 10.0. The van der Waals surface area contributed by atoms with E-state index >= 15 is 0 Å². The lowest BCUT2D eigenvalue weighted by Gasteiger charge is -2.22. The van der Waals surface area contributed by atoms with Crippen molar-refractivity contribution in [1.82, 2.24) is 5.32 Å². The minimum atomic E-state index is -0.981. The number of carbonyl (C=O) groups is 1. The van der Waals surface area contributed by atoms with Gasteiger partial charge in [-0.2, -0.15) is 0 Å². The third-order valence-corrected chi connectivity index (χ3v) is 2.74. The summed E-state index contributed by atoms with van der Waals surface area (Å²) in [6.45, 7) is 0. The molecule has 0 radical (unpaired) electrons. The first-order chi connectivity index (χ1) is 7.95. The quantitative estimate of drug-likeness (QED) is 0.751. The van der Waals surface area contributed by atoms with Crippen molar-refractivity contribution >= 4 is 17.6 Å². The smallest absolute Gasteiger partial charge is 0.304 e.